The maximum absolute atomic E-state index is 12.2. The van der Waals surface area contributed by atoms with Crippen molar-refractivity contribution in [2.24, 2.45) is 5.41 Å². The van der Waals surface area contributed by atoms with Crippen molar-refractivity contribution in [3.05, 3.63) is 57.3 Å². The summed E-state index contributed by atoms with van der Waals surface area (Å²) in [6.07, 6.45) is 0.0683. The van der Waals surface area contributed by atoms with Crippen LogP contribution in [0.3, 0.4) is 0 Å². The number of aromatic nitrogens is 1. The van der Waals surface area contributed by atoms with Gasteiger partial charge in [-0.25, -0.2) is 9.59 Å². The molecule has 2 aromatic carbocycles. The van der Waals surface area contributed by atoms with E-state index in [-0.39, 0.29) is 17.8 Å². The van der Waals surface area contributed by atoms with E-state index >= 15 is 0 Å². The van der Waals surface area contributed by atoms with E-state index < -0.39 is 23.7 Å². The first kappa shape index (κ1) is 29.5. The number of carboxylic acids is 1. The van der Waals surface area contributed by atoms with E-state index in [1.165, 1.54) is 6.92 Å². The number of rotatable bonds is 9. The van der Waals surface area contributed by atoms with E-state index in [2.05, 4.69) is 52.8 Å². The third-order valence-electron chi connectivity index (χ3n) is 5.86. The SMILES string of the molecule is CC(=O)OCC(C)(C)Cc1c(I)[nH]c2ccc(-c3cccc(C[C@H](NC(=O)OC(C)(C)C)C(=O)O)c3)cc12. The van der Waals surface area contributed by atoms with E-state index in [0.717, 1.165) is 43.3 Å². The molecule has 3 aromatic rings. The Morgan fingerprint density at radius 2 is 1.74 bits per heavy atom. The van der Waals surface area contributed by atoms with Gasteiger partial charge in [-0.05, 0) is 84.2 Å². The van der Waals surface area contributed by atoms with E-state index in [1.807, 2.05) is 36.4 Å². The zero-order chi connectivity index (χ0) is 28.3. The Balaban J connectivity index is 1.86. The molecule has 0 fully saturated rings. The van der Waals surface area contributed by atoms with Crippen LogP contribution in [0.4, 0.5) is 4.79 Å². The minimum Gasteiger partial charge on any atom is -0.480 e. The summed E-state index contributed by atoms with van der Waals surface area (Å²) in [5, 5.41) is 13.2. The average molecular weight is 635 g/mol. The second kappa shape index (κ2) is 11.8. The number of amides is 1. The van der Waals surface area contributed by atoms with Gasteiger partial charge in [0.25, 0.3) is 0 Å². The van der Waals surface area contributed by atoms with Crippen molar-refractivity contribution < 1.29 is 29.0 Å². The average Bonchev–Trinajstić information content (AvgIpc) is 3.10. The van der Waals surface area contributed by atoms with Crippen LogP contribution in [0.5, 0.6) is 0 Å². The summed E-state index contributed by atoms with van der Waals surface area (Å²) >= 11 is 2.30. The van der Waals surface area contributed by atoms with Gasteiger partial charge in [-0.2, -0.15) is 0 Å². The summed E-state index contributed by atoms with van der Waals surface area (Å²) in [6, 6.07) is 12.7. The van der Waals surface area contributed by atoms with Gasteiger partial charge in [-0.15, -0.1) is 0 Å². The summed E-state index contributed by atoms with van der Waals surface area (Å²) < 4.78 is 11.5. The number of hydrogen-bond acceptors (Lipinski definition) is 5. The van der Waals surface area contributed by atoms with Gasteiger partial charge in [0.15, 0.2) is 0 Å². The van der Waals surface area contributed by atoms with Crippen LogP contribution < -0.4 is 5.32 Å². The minimum atomic E-state index is -1.13. The summed E-state index contributed by atoms with van der Waals surface area (Å²) in [5.74, 6) is -1.43. The van der Waals surface area contributed by atoms with Gasteiger partial charge in [0.1, 0.15) is 11.6 Å². The molecule has 1 heterocycles. The Labute approximate surface area is 236 Å². The molecule has 0 aliphatic rings. The highest BCUT2D eigenvalue weighted by atomic mass is 127. The number of ether oxygens (including phenoxy) is 2. The number of H-pyrrole nitrogens is 1. The van der Waals surface area contributed by atoms with Crippen LogP contribution in [-0.2, 0) is 31.9 Å². The first-order valence-electron chi connectivity index (χ1n) is 12.4. The molecule has 0 aliphatic heterocycles. The zero-order valence-electron chi connectivity index (χ0n) is 22.6. The molecule has 0 aliphatic carbocycles. The highest BCUT2D eigenvalue weighted by Crippen LogP contribution is 2.34. The highest BCUT2D eigenvalue weighted by molar-refractivity contribution is 14.1. The summed E-state index contributed by atoms with van der Waals surface area (Å²) in [6.45, 7) is 11.1. The summed E-state index contributed by atoms with van der Waals surface area (Å²) in [5.41, 5.74) is 3.90. The normalized spacial score (nSPS) is 12.7. The number of carbonyl (C=O) groups excluding carboxylic acids is 2. The first-order chi connectivity index (χ1) is 17.6. The van der Waals surface area contributed by atoms with Crippen molar-refractivity contribution in [1.29, 1.82) is 0 Å². The smallest absolute Gasteiger partial charge is 0.408 e. The van der Waals surface area contributed by atoms with Gasteiger partial charge in [0.2, 0.25) is 0 Å². The maximum atomic E-state index is 12.2. The number of alkyl carbamates (subject to hydrolysis) is 1. The van der Waals surface area contributed by atoms with E-state index in [9.17, 15) is 19.5 Å². The van der Waals surface area contributed by atoms with Crippen LogP contribution in [-0.4, -0.2) is 46.4 Å². The number of aliphatic carboxylic acids is 1. The molecule has 9 heteroatoms. The predicted octanol–water partition coefficient (Wildman–Crippen LogP) is 6.09. The molecule has 38 heavy (non-hydrogen) atoms. The van der Waals surface area contributed by atoms with Crippen molar-refractivity contribution >= 4 is 51.5 Å². The molecule has 3 N–H and O–H groups in total. The molecule has 1 amide bonds. The highest BCUT2D eigenvalue weighted by Gasteiger charge is 2.26. The lowest BCUT2D eigenvalue weighted by Gasteiger charge is -2.24. The van der Waals surface area contributed by atoms with Crippen LogP contribution in [0.1, 0.15) is 52.7 Å². The van der Waals surface area contributed by atoms with Crippen molar-refractivity contribution in [3.63, 3.8) is 0 Å². The Hall–Kier alpha value is -3.08. The molecular formula is C29H35IN2O6. The molecule has 0 spiro atoms. The number of benzene rings is 2. The first-order valence-corrected chi connectivity index (χ1v) is 13.5. The Morgan fingerprint density at radius 3 is 2.37 bits per heavy atom. The Morgan fingerprint density at radius 1 is 1.05 bits per heavy atom. The molecule has 1 atom stereocenters. The van der Waals surface area contributed by atoms with Crippen LogP contribution in [0, 0.1) is 9.12 Å². The van der Waals surface area contributed by atoms with Gasteiger partial charge < -0.3 is 24.9 Å². The second-order valence-corrected chi connectivity index (χ2v) is 12.3. The van der Waals surface area contributed by atoms with E-state index in [4.69, 9.17) is 9.47 Å². The largest absolute Gasteiger partial charge is 0.480 e. The summed E-state index contributed by atoms with van der Waals surface area (Å²) in [4.78, 5) is 38.8. The Kier molecular flexibility index (Phi) is 9.12. The fraction of sp³-hybridized carbons (Fsp3) is 0.414. The van der Waals surface area contributed by atoms with Crippen LogP contribution >= 0.6 is 22.6 Å². The number of halogens is 1. The molecule has 8 nitrogen and oxygen atoms in total. The standard InChI is InChI=1S/C29H35IN2O6/c1-17(33)37-16-29(5,6)15-22-21-14-20(10-11-23(21)31-25(22)30)19-9-7-8-18(12-19)13-24(26(34)35)32-27(36)38-28(2,3)4/h7-12,14,24,31H,13,15-16H2,1-6H3,(H,32,36)(H,34,35)/t24-/m0/s1. The van der Waals surface area contributed by atoms with Crippen LogP contribution in [0.15, 0.2) is 42.5 Å². The van der Waals surface area contributed by atoms with Crippen molar-refractivity contribution in [2.45, 2.75) is 66.0 Å². The van der Waals surface area contributed by atoms with Crippen LogP contribution in [0.25, 0.3) is 22.0 Å². The number of nitrogens with one attached hydrogen (secondary N) is 2. The molecule has 0 bridgehead atoms. The van der Waals surface area contributed by atoms with Gasteiger partial charge in [-0.1, -0.05) is 44.2 Å². The lowest BCUT2D eigenvalue weighted by atomic mass is 9.86. The van der Waals surface area contributed by atoms with Crippen molar-refractivity contribution in [2.75, 3.05) is 6.61 Å². The molecule has 0 saturated heterocycles. The molecule has 0 saturated carbocycles. The third kappa shape index (κ3) is 8.21. The molecule has 204 valence electrons. The molecule has 3 rings (SSSR count). The van der Waals surface area contributed by atoms with Gasteiger partial charge >= 0.3 is 18.0 Å². The number of carbonyl (C=O) groups is 3. The van der Waals surface area contributed by atoms with E-state index in [1.54, 1.807) is 20.8 Å². The summed E-state index contributed by atoms with van der Waals surface area (Å²) in [7, 11) is 0. The van der Waals surface area contributed by atoms with Gasteiger partial charge in [-0.3, -0.25) is 4.79 Å². The molecule has 0 radical (unpaired) electrons. The number of fused-ring (bicyclic) bond motifs is 1. The number of aromatic amines is 1. The van der Waals surface area contributed by atoms with Crippen molar-refractivity contribution in [1.82, 2.24) is 10.3 Å². The van der Waals surface area contributed by atoms with Crippen LogP contribution in [0.2, 0.25) is 0 Å². The number of carboxylic acid groups (broad SMARTS) is 1. The molecule has 1 aromatic heterocycles. The molecular weight excluding hydrogens is 599 g/mol. The lowest BCUT2D eigenvalue weighted by molar-refractivity contribution is -0.144. The van der Waals surface area contributed by atoms with Gasteiger partial charge in [0, 0.05) is 29.7 Å². The quantitative estimate of drug-likeness (QED) is 0.194. The maximum Gasteiger partial charge on any atom is 0.408 e. The number of hydrogen-bond donors (Lipinski definition) is 3. The van der Waals surface area contributed by atoms with Crippen molar-refractivity contribution in [3.8, 4) is 11.1 Å². The second-order valence-electron chi connectivity index (χ2n) is 11.2. The molecule has 0 unspecified atom stereocenters. The van der Waals surface area contributed by atoms with E-state index in [0.29, 0.717) is 6.61 Å². The topological polar surface area (TPSA) is 118 Å². The van der Waals surface area contributed by atoms with Gasteiger partial charge in [0.05, 0.1) is 10.3 Å². The fourth-order valence-electron chi connectivity index (χ4n) is 4.16. The third-order valence-corrected chi connectivity index (χ3v) is 6.79. The number of esters is 1. The lowest BCUT2D eigenvalue weighted by Crippen LogP contribution is -2.44. The monoisotopic (exact) mass is 634 g/mol. The zero-order valence-corrected chi connectivity index (χ0v) is 24.8. The minimum absolute atomic E-state index is 0.113. The Bertz CT molecular complexity index is 1340. The fourth-order valence-corrected chi connectivity index (χ4v) is 4.93. The predicted molar refractivity (Wildman–Crippen MR) is 155 cm³/mol.